The van der Waals surface area contributed by atoms with Gasteiger partial charge in [-0.2, -0.15) is 11.8 Å². The minimum atomic E-state index is -1.63. The van der Waals surface area contributed by atoms with Crippen molar-refractivity contribution in [1.29, 1.82) is 0 Å². The van der Waals surface area contributed by atoms with Gasteiger partial charge in [0.2, 0.25) is 65.0 Å². The number of hydrogen-bond acceptors (Lipinski definition) is 16. The summed E-state index contributed by atoms with van der Waals surface area (Å²) in [6.07, 6.45) is 7.00. The third-order valence-corrected chi connectivity index (χ3v) is 15.1. The molecule has 1 saturated heterocycles. The first-order valence-electron chi connectivity index (χ1n) is 29.5. The number of nitrogens with two attached hydrogens (primary N) is 3. The summed E-state index contributed by atoms with van der Waals surface area (Å²) in [5, 5.41) is 46.3. The van der Waals surface area contributed by atoms with E-state index in [4.69, 9.17) is 17.2 Å². The van der Waals surface area contributed by atoms with Crippen LogP contribution in [0.25, 0.3) is 0 Å². The number of carboxylic acids is 1. The average Bonchev–Trinajstić information content (AvgIpc) is 3.91. The van der Waals surface area contributed by atoms with Crippen molar-refractivity contribution in [1.82, 2.24) is 63.1 Å². The molecule has 31 heteroatoms. The molecule has 19 N–H and O–H groups in total. The van der Waals surface area contributed by atoms with E-state index in [1.165, 1.54) is 38.1 Å². The standard InChI is InChI=1S/C55H92N16O14S/c1-30(2)24-38-47(78)60-21-12-7-6-11-17-43(74)71-45(32(4)72)54(85)66-36(18-19-44(75)76)50(81)64-35(16-13-22-61-55(57)58)49(80)65-37(20-23-86-5)48(79)63-31(3)46(77)67-39(25-33-14-9-8-10-15-33)51(82)69-40(26-34-28-59-29-62-34)52(83)70-41(27-42(56)73)53(84)68-38/h28-33,35-41,45,72H,6-27H2,1-5H3,(H2,56,73)(H,59,62)(H,60,78)(H,63,79)(H,64,81)(H,65,80)(H,66,85)(H,67,77)(H,68,84)(H,69,82)(H,70,83)(H,71,74)(H,75,76)(H4,57,58,61)/t31-,32+,35-,36-,37-,38-,39-,40-,41-,45-/m0/s1. The molecule has 1 saturated carbocycles. The smallest absolute Gasteiger partial charge is 0.303 e. The molecular formula is C55H92N16O14S. The van der Waals surface area contributed by atoms with Crippen LogP contribution in [0.1, 0.15) is 149 Å². The van der Waals surface area contributed by atoms with Gasteiger partial charge in [-0.25, -0.2) is 4.98 Å². The molecule has 3 rings (SSSR count). The molecule has 1 aromatic heterocycles. The fourth-order valence-corrected chi connectivity index (χ4v) is 10.3. The van der Waals surface area contributed by atoms with E-state index in [0.717, 1.165) is 32.1 Å². The largest absolute Gasteiger partial charge is 0.481 e. The van der Waals surface area contributed by atoms with Gasteiger partial charge in [-0.05, 0) is 89.1 Å². The van der Waals surface area contributed by atoms with Crippen molar-refractivity contribution >= 4 is 88.7 Å². The van der Waals surface area contributed by atoms with Gasteiger partial charge in [0.25, 0.3) is 0 Å². The second-order valence-electron chi connectivity index (χ2n) is 22.4. The van der Waals surface area contributed by atoms with E-state index >= 15 is 0 Å². The summed E-state index contributed by atoms with van der Waals surface area (Å²) >= 11 is 1.33. The highest BCUT2D eigenvalue weighted by Crippen LogP contribution is 2.28. The molecule has 11 amide bonds. The SMILES string of the molecule is CSCC[C@@H]1NC(=O)[C@H](CCCN=C(N)N)NC(=O)[C@H](CCC(=O)O)NC(=O)[C@H]([C@@H](C)O)NC(=O)CCCCCCNC(=O)[C@H](CC(C)C)NC(=O)[C@H](CC(N)=O)NC(=O)[C@H](Cc2cnc[nH]2)NC(=O)[C@H](CC2CCCCC2)NC(=O)[C@H](C)NC1=O. The summed E-state index contributed by atoms with van der Waals surface area (Å²) < 4.78 is 0. The molecule has 1 aliphatic carbocycles. The van der Waals surface area contributed by atoms with E-state index in [1.807, 2.05) is 13.8 Å². The summed E-state index contributed by atoms with van der Waals surface area (Å²) in [6, 6.07) is -12.9. The zero-order valence-corrected chi connectivity index (χ0v) is 50.8. The first-order valence-corrected chi connectivity index (χ1v) is 30.9. The molecule has 2 heterocycles. The van der Waals surface area contributed by atoms with Crippen molar-refractivity contribution in [3.63, 3.8) is 0 Å². The quantitative estimate of drug-likeness (QED) is 0.0382. The number of carbonyl (C=O) groups is 12. The number of aliphatic hydroxyl groups excluding tert-OH is 1. The van der Waals surface area contributed by atoms with Crippen molar-refractivity contribution in [2.75, 3.05) is 25.1 Å². The third-order valence-electron chi connectivity index (χ3n) is 14.5. The summed E-state index contributed by atoms with van der Waals surface area (Å²) in [4.78, 5) is 175. The van der Waals surface area contributed by atoms with E-state index in [2.05, 4.69) is 68.1 Å². The Hall–Kier alpha value is -7.57. The van der Waals surface area contributed by atoms with Crippen molar-refractivity contribution in [3.05, 3.63) is 18.2 Å². The van der Waals surface area contributed by atoms with Crippen LogP contribution in [-0.2, 0) is 64.0 Å². The van der Waals surface area contributed by atoms with E-state index in [-0.39, 0.29) is 75.8 Å². The number of carbonyl (C=O) groups excluding carboxylic acids is 11. The number of aliphatic hydroxyl groups is 1. The molecule has 1 aromatic rings. The maximum atomic E-state index is 14.6. The van der Waals surface area contributed by atoms with Crippen LogP contribution in [0.4, 0.5) is 0 Å². The molecule has 0 bridgehead atoms. The number of guanidine groups is 1. The molecular weight excluding hydrogens is 1140 g/mol. The average molecular weight is 1230 g/mol. The summed E-state index contributed by atoms with van der Waals surface area (Å²) in [5.41, 5.74) is 17.0. The number of aliphatic imine (C=N–C) groups is 1. The maximum absolute atomic E-state index is 14.6. The summed E-state index contributed by atoms with van der Waals surface area (Å²) in [7, 11) is 0. The lowest BCUT2D eigenvalue weighted by Crippen LogP contribution is -2.61. The number of nitrogens with one attached hydrogen (secondary N) is 11. The second-order valence-corrected chi connectivity index (χ2v) is 23.4. The zero-order chi connectivity index (χ0) is 63.9. The molecule has 0 unspecified atom stereocenters. The van der Waals surface area contributed by atoms with Gasteiger partial charge < -0.3 is 85.6 Å². The van der Waals surface area contributed by atoms with Gasteiger partial charge in [-0.3, -0.25) is 62.5 Å². The van der Waals surface area contributed by atoms with E-state index < -0.39 is 151 Å². The number of amides is 11. The topological polar surface area (TPSA) is 485 Å². The molecule has 0 spiro atoms. The minimum absolute atomic E-state index is 0.00774. The van der Waals surface area contributed by atoms with Gasteiger partial charge >= 0.3 is 5.97 Å². The summed E-state index contributed by atoms with van der Waals surface area (Å²) in [6.45, 7) is 6.37. The molecule has 30 nitrogen and oxygen atoms in total. The number of H-pyrrole nitrogens is 1. The van der Waals surface area contributed by atoms with Crippen molar-refractivity contribution in [3.8, 4) is 0 Å². The first kappa shape index (κ1) is 72.7. The molecule has 1 aliphatic heterocycles. The fraction of sp³-hybridized carbons (Fsp3) is 0.709. The van der Waals surface area contributed by atoms with Gasteiger partial charge in [0, 0.05) is 44.2 Å². The molecule has 86 heavy (non-hydrogen) atoms. The predicted molar refractivity (Wildman–Crippen MR) is 317 cm³/mol. The number of carboxylic acid groups (broad SMARTS) is 1. The maximum Gasteiger partial charge on any atom is 0.303 e. The van der Waals surface area contributed by atoms with Gasteiger partial charge in [0.1, 0.15) is 54.4 Å². The first-order chi connectivity index (χ1) is 40.8. The van der Waals surface area contributed by atoms with Crippen molar-refractivity contribution < 1.29 is 67.7 Å². The van der Waals surface area contributed by atoms with Gasteiger partial charge in [-0.15, -0.1) is 0 Å². The van der Waals surface area contributed by atoms with Gasteiger partial charge in [0.15, 0.2) is 5.96 Å². The fourth-order valence-electron chi connectivity index (χ4n) is 9.79. The highest BCUT2D eigenvalue weighted by atomic mass is 32.2. The number of primary amides is 1. The highest BCUT2D eigenvalue weighted by molar-refractivity contribution is 7.98. The van der Waals surface area contributed by atoms with Crippen molar-refractivity contribution in [2.45, 2.75) is 210 Å². The van der Waals surface area contributed by atoms with Crippen molar-refractivity contribution in [2.24, 2.45) is 34.0 Å². The number of rotatable bonds is 19. The number of imidazole rings is 1. The lowest BCUT2D eigenvalue weighted by molar-refractivity contribution is -0.139. The Balaban J connectivity index is 2.10. The predicted octanol–water partition coefficient (Wildman–Crippen LogP) is -2.64. The van der Waals surface area contributed by atoms with Crippen LogP contribution in [0.2, 0.25) is 0 Å². The van der Waals surface area contributed by atoms with E-state index in [9.17, 15) is 67.7 Å². The number of aromatic amines is 1. The zero-order valence-electron chi connectivity index (χ0n) is 50.0. The number of aromatic nitrogens is 2. The van der Waals surface area contributed by atoms with Crippen LogP contribution in [0.5, 0.6) is 0 Å². The number of thioether (sulfide) groups is 1. The van der Waals surface area contributed by atoms with E-state index in [1.54, 1.807) is 6.26 Å². The minimum Gasteiger partial charge on any atom is -0.481 e. The Morgan fingerprint density at radius 2 is 1.20 bits per heavy atom. The molecule has 0 radical (unpaired) electrons. The Bertz CT molecular complexity index is 2460. The van der Waals surface area contributed by atoms with Gasteiger partial charge in [-0.1, -0.05) is 58.8 Å². The van der Waals surface area contributed by atoms with Crippen LogP contribution in [0, 0.1) is 11.8 Å². The Labute approximate surface area is 505 Å². The Kier molecular flexibility index (Phi) is 32.5. The number of hydrogen-bond donors (Lipinski definition) is 16. The van der Waals surface area contributed by atoms with Crippen LogP contribution in [-0.4, -0.2) is 183 Å². The van der Waals surface area contributed by atoms with Crippen LogP contribution in [0.15, 0.2) is 17.5 Å². The Morgan fingerprint density at radius 3 is 1.80 bits per heavy atom. The number of nitrogens with zero attached hydrogens (tertiary/aromatic N) is 2. The third kappa shape index (κ3) is 27.6. The van der Waals surface area contributed by atoms with E-state index in [0.29, 0.717) is 37.1 Å². The molecule has 482 valence electrons. The van der Waals surface area contributed by atoms with Crippen LogP contribution >= 0.6 is 11.8 Å². The second kappa shape index (κ2) is 38.5. The number of aliphatic carboxylic acids is 1. The van der Waals surface area contributed by atoms with Crippen LogP contribution in [0.3, 0.4) is 0 Å². The molecule has 2 aliphatic rings. The normalized spacial score (nSPS) is 25.5. The summed E-state index contributed by atoms with van der Waals surface area (Å²) in [5.74, 6) is -10.9. The lowest BCUT2D eigenvalue weighted by atomic mass is 9.84. The van der Waals surface area contributed by atoms with Crippen LogP contribution < -0.4 is 70.4 Å². The lowest BCUT2D eigenvalue weighted by Gasteiger charge is -2.30. The monoisotopic (exact) mass is 1230 g/mol. The molecule has 10 atom stereocenters. The Morgan fingerprint density at radius 1 is 0.651 bits per heavy atom. The molecule has 0 aromatic carbocycles. The highest BCUT2D eigenvalue weighted by Gasteiger charge is 2.37. The molecule has 2 fully saturated rings. The van der Waals surface area contributed by atoms with Gasteiger partial charge in [0.05, 0.1) is 18.9 Å².